The van der Waals surface area contributed by atoms with Crippen LogP contribution in [0.25, 0.3) is 0 Å². The fourth-order valence-electron chi connectivity index (χ4n) is 2.47. The van der Waals surface area contributed by atoms with Crippen molar-refractivity contribution < 1.29 is 19.3 Å². The molecule has 0 saturated heterocycles. The van der Waals surface area contributed by atoms with Crippen LogP contribution < -0.4 is 5.48 Å². The Kier molecular flexibility index (Phi) is 4.89. The predicted molar refractivity (Wildman–Crippen MR) is 81.3 cm³/mol. The Balaban J connectivity index is 1.72. The third-order valence-corrected chi connectivity index (χ3v) is 4.53. The highest BCUT2D eigenvalue weighted by Gasteiger charge is 2.26. The second-order valence-corrected chi connectivity index (χ2v) is 6.12. The van der Waals surface area contributed by atoms with Gasteiger partial charge >= 0.3 is 0 Å². The molecule has 0 saturated carbocycles. The summed E-state index contributed by atoms with van der Waals surface area (Å²) < 4.78 is 17.9. The molecular formula is C14H15FN4O3S. The quantitative estimate of drug-likeness (QED) is 0.316. The van der Waals surface area contributed by atoms with Crippen LogP contribution in [0.4, 0.5) is 4.39 Å². The fourth-order valence-corrected chi connectivity index (χ4v) is 3.11. The smallest absolute Gasteiger partial charge is 0.185 e. The van der Waals surface area contributed by atoms with E-state index in [2.05, 4.69) is 19.9 Å². The molecule has 122 valence electrons. The second kappa shape index (κ2) is 7.07. The summed E-state index contributed by atoms with van der Waals surface area (Å²) in [4.78, 5) is 4.30. The monoisotopic (exact) mass is 338 g/mol. The molecule has 1 aliphatic carbocycles. The van der Waals surface area contributed by atoms with Gasteiger partial charge in [-0.05, 0) is 40.0 Å². The second-order valence-electron chi connectivity index (χ2n) is 5.04. The zero-order chi connectivity index (χ0) is 16.2. The molecule has 7 nitrogen and oxygen atoms in total. The first-order valence-electron chi connectivity index (χ1n) is 7.02. The summed E-state index contributed by atoms with van der Waals surface area (Å²) >= 11 is 1.24. The Morgan fingerprint density at radius 2 is 2.35 bits per heavy atom. The van der Waals surface area contributed by atoms with E-state index < -0.39 is 0 Å². The maximum absolute atomic E-state index is 13.3. The topological polar surface area (TPSA) is 104 Å². The van der Waals surface area contributed by atoms with Gasteiger partial charge in [-0.15, -0.1) is 0 Å². The lowest BCUT2D eigenvalue weighted by molar-refractivity contribution is 0.233. The van der Waals surface area contributed by atoms with Gasteiger partial charge in [-0.1, -0.05) is 17.8 Å². The summed E-state index contributed by atoms with van der Waals surface area (Å²) in [5, 5.41) is 26.0. The van der Waals surface area contributed by atoms with E-state index >= 15 is 0 Å². The Morgan fingerprint density at radius 3 is 3.13 bits per heavy atom. The molecule has 0 fully saturated rings. The molecule has 1 heterocycles. The number of hydroxylamine groups is 1. The Morgan fingerprint density at radius 1 is 1.48 bits per heavy atom. The van der Waals surface area contributed by atoms with Gasteiger partial charge in [-0.3, -0.25) is 15.7 Å². The van der Waals surface area contributed by atoms with E-state index in [9.17, 15) is 9.60 Å². The zero-order valence-electron chi connectivity index (χ0n) is 12.1. The van der Waals surface area contributed by atoms with Crippen molar-refractivity contribution in [3.8, 4) is 0 Å². The number of fused-ring (bicyclic) bond motifs is 1. The number of aliphatic hydroxyl groups excluding tert-OH is 1. The first-order valence-corrected chi connectivity index (χ1v) is 8.01. The highest BCUT2D eigenvalue weighted by molar-refractivity contribution is 7.99. The van der Waals surface area contributed by atoms with Crippen molar-refractivity contribution in [3.05, 3.63) is 40.8 Å². The van der Waals surface area contributed by atoms with Gasteiger partial charge < -0.3 is 5.11 Å². The van der Waals surface area contributed by atoms with Crippen LogP contribution >= 0.6 is 11.8 Å². The summed E-state index contributed by atoms with van der Waals surface area (Å²) in [6.07, 6.45) is 0.820. The molecule has 0 aliphatic heterocycles. The number of hydrogen-bond donors (Lipinski definition) is 3. The van der Waals surface area contributed by atoms with Crippen molar-refractivity contribution in [1.29, 1.82) is 0 Å². The largest absolute Gasteiger partial charge is 0.396 e. The van der Waals surface area contributed by atoms with Gasteiger partial charge in [0.05, 0.1) is 6.61 Å². The lowest BCUT2D eigenvalue weighted by atomic mass is 9.77. The van der Waals surface area contributed by atoms with Crippen molar-refractivity contribution in [2.24, 2.45) is 4.99 Å². The number of halogens is 1. The molecule has 1 atom stereocenters. The summed E-state index contributed by atoms with van der Waals surface area (Å²) in [5.74, 6) is 0.408. The van der Waals surface area contributed by atoms with Gasteiger partial charge in [-0.25, -0.2) is 9.02 Å². The van der Waals surface area contributed by atoms with Crippen LogP contribution in [-0.4, -0.2) is 45.4 Å². The number of rotatable bonds is 6. The number of aromatic nitrogens is 2. The molecule has 0 bridgehead atoms. The third-order valence-electron chi connectivity index (χ3n) is 3.60. The molecule has 1 aromatic carbocycles. The molecule has 23 heavy (non-hydrogen) atoms. The molecule has 0 radical (unpaired) electrons. The van der Waals surface area contributed by atoms with Gasteiger partial charge in [0, 0.05) is 18.2 Å². The number of aliphatic hydroxyl groups is 1. The van der Waals surface area contributed by atoms with Gasteiger partial charge in [0.1, 0.15) is 5.82 Å². The van der Waals surface area contributed by atoms with E-state index in [-0.39, 0.29) is 29.9 Å². The average molecular weight is 338 g/mol. The molecule has 1 aliphatic rings. The maximum Gasteiger partial charge on any atom is 0.185 e. The lowest BCUT2D eigenvalue weighted by Gasteiger charge is -2.28. The zero-order valence-corrected chi connectivity index (χ0v) is 12.9. The number of aliphatic imine (C=N–C) groups is 1. The lowest BCUT2D eigenvalue weighted by Crippen LogP contribution is -2.25. The number of amidine groups is 1. The first-order chi connectivity index (χ1) is 11.2. The first kappa shape index (κ1) is 15.9. The predicted octanol–water partition coefficient (Wildman–Crippen LogP) is 1.36. The van der Waals surface area contributed by atoms with Crippen LogP contribution in [0.5, 0.6) is 0 Å². The summed E-state index contributed by atoms with van der Waals surface area (Å²) in [6, 6.07) is 4.75. The third kappa shape index (κ3) is 3.36. The van der Waals surface area contributed by atoms with Gasteiger partial charge in [0.2, 0.25) is 0 Å². The van der Waals surface area contributed by atoms with E-state index in [1.165, 1.54) is 23.9 Å². The van der Waals surface area contributed by atoms with Crippen molar-refractivity contribution in [1.82, 2.24) is 15.8 Å². The normalized spacial score (nSPS) is 16.8. The molecule has 2 aromatic rings. The number of hydrogen-bond acceptors (Lipinski definition) is 7. The van der Waals surface area contributed by atoms with Crippen LogP contribution in [0.15, 0.2) is 32.8 Å². The Hall–Kier alpha value is -1.97. The van der Waals surface area contributed by atoms with Gasteiger partial charge in [0.15, 0.2) is 16.6 Å². The number of nitrogens with zero attached hydrogens (tertiary/aromatic N) is 3. The summed E-state index contributed by atoms with van der Waals surface area (Å²) in [5.41, 5.74) is 4.34. The Labute approximate surface area is 135 Å². The van der Waals surface area contributed by atoms with Crippen LogP contribution in [-0.2, 0) is 6.42 Å². The minimum atomic E-state index is -0.263. The van der Waals surface area contributed by atoms with Gasteiger partial charge in [-0.2, -0.15) is 0 Å². The molecule has 0 amide bonds. The van der Waals surface area contributed by atoms with Crippen molar-refractivity contribution in [2.45, 2.75) is 17.4 Å². The number of thioether (sulfide) groups is 1. The SMILES string of the molecule is OCCSc1nonc1C(=NC[C@H]1Cc2ccc(F)cc21)NO. The number of nitrogens with one attached hydrogen (secondary N) is 1. The standard InChI is InChI=1S/C14H15FN4O3S/c15-10-2-1-8-5-9(11(8)6-10)7-16-13(17-21)12-14(19-22-18-12)23-4-3-20/h1-2,6,9,20-21H,3-5,7H2,(H,16,17)/t9-/m1/s1. The highest BCUT2D eigenvalue weighted by atomic mass is 32.2. The minimum Gasteiger partial charge on any atom is -0.396 e. The molecule has 9 heteroatoms. The van der Waals surface area contributed by atoms with E-state index in [4.69, 9.17) is 5.11 Å². The van der Waals surface area contributed by atoms with E-state index in [1.807, 2.05) is 5.48 Å². The average Bonchev–Trinajstić information content (AvgIpc) is 3.00. The Bertz CT molecular complexity index is 722. The fraction of sp³-hybridized carbons (Fsp3) is 0.357. The van der Waals surface area contributed by atoms with E-state index in [0.29, 0.717) is 17.3 Å². The molecule has 0 unspecified atom stereocenters. The highest BCUT2D eigenvalue weighted by Crippen LogP contribution is 2.35. The van der Waals surface area contributed by atoms with Crippen LogP contribution in [0.3, 0.4) is 0 Å². The molecule has 3 N–H and O–H groups in total. The number of benzene rings is 1. The van der Waals surface area contributed by atoms with Crippen molar-refractivity contribution in [3.63, 3.8) is 0 Å². The van der Waals surface area contributed by atoms with Crippen molar-refractivity contribution in [2.75, 3.05) is 18.9 Å². The molecular weight excluding hydrogens is 323 g/mol. The molecule has 3 rings (SSSR count). The summed E-state index contributed by atoms with van der Waals surface area (Å²) in [7, 11) is 0. The van der Waals surface area contributed by atoms with E-state index in [0.717, 1.165) is 17.5 Å². The van der Waals surface area contributed by atoms with Crippen LogP contribution in [0.1, 0.15) is 22.7 Å². The maximum atomic E-state index is 13.3. The summed E-state index contributed by atoms with van der Waals surface area (Å²) in [6.45, 7) is 0.372. The van der Waals surface area contributed by atoms with Gasteiger partial charge in [0.25, 0.3) is 0 Å². The van der Waals surface area contributed by atoms with E-state index in [1.54, 1.807) is 6.07 Å². The van der Waals surface area contributed by atoms with Crippen molar-refractivity contribution >= 4 is 17.6 Å². The molecule has 0 spiro atoms. The molecule has 1 aromatic heterocycles. The van der Waals surface area contributed by atoms with Crippen LogP contribution in [0.2, 0.25) is 0 Å². The minimum absolute atomic E-state index is 0.0135. The van der Waals surface area contributed by atoms with Crippen LogP contribution in [0, 0.1) is 5.82 Å².